The molecule has 2 aliphatic rings. The minimum atomic E-state index is -2.80. The zero-order valence-corrected chi connectivity index (χ0v) is 17.1. The Bertz CT molecular complexity index is 679. The van der Waals surface area contributed by atoms with E-state index in [2.05, 4.69) is 44.4 Å². The monoisotopic (exact) mass is 464 g/mol. The van der Waals surface area contributed by atoms with Crippen molar-refractivity contribution in [2.45, 2.75) is 6.42 Å². The molecule has 134 valence electrons. The van der Waals surface area contributed by atoms with E-state index in [0.29, 0.717) is 13.1 Å². The summed E-state index contributed by atoms with van der Waals surface area (Å²) in [6.07, 6.45) is 1.04. The number of nitrogens with one attached hydrogen (secondary N) is 1. The number of aliphatic imine (C=N–C) groups is 1. The van der Waals surface area contributed by atoms with Crippen molar-refractivity contribution in [1.82, 2.24) is 10.2 Å². The van der Waals surface area contributed by atoms with Crippen LogP contribution in [0.1, 0.15) is 5.56 Å². The first kappa shape index (κ1) is 19.5. The van der Waals surface area contributed by atoms with Crippen LogP contribution in [-0.4, -0.2) is 70.6 Å². The topological polar surface area (TPSA) is 65.0 Å². The summed E-state index contributed by atoms with van der Waals surface area (Å²) in [4.78, 5) is 8.80. The van der Waals surface area contributed by atoms with Crippen molar-refractivity contribution in [2.75, 3.05) is 56.2 Å². The van der Waals surface area contributed by atoms with E-state index in [1.54, 1.807) is 7.05 Å². The fraction of sp³-hybridized carbons (Fsp3) is 0.562. The van der Waals surface area contributed by atoms with Gasteiger partial charge in [-0.1, -0.05) is 18.2 Å². The Labute approximate surface area is 161 Å². The number of guanidine groups is 1. The number of anilines is 1. The van der Waals surface area contributed by atoms with Gasteiger partial charge in [-0.3, -0.25) is 9.89 Å². The van der Waals surface area contributed by atoms with Gasteiger partial charge in [-0.25, -0.2) is 8.42 Å². The first-order chi connectivity index (χ1) is 11.1. The Morgan fingerprint density at radius 3 is 2.62 bits per heavy atom. The molecule has 1 aromatic rings. The van der Waals surface area contributed by atoms with Gasteiger partial charge in [0.1, 0.15) is 0 Å². The number of fused-ring (bicyclic) bond motifs is 1. The lowest BCUT2D eigenvalue weighted by Crippen LogP contribution is -2.46. The zero-order chi connectivity index (χ0) is 16.3. The highest BCUT2D eigenvalue weighted by Gasteiger charge is 2.23. The average Bonchev–Trinajstić information content (AvgIpc) is 2.97. The molecule has 0 aliphatic carbocycles. The van der Waals surface area contributed by atoms with Crippen LogP contribution >= 0.6 is 24.0 Å². The number of hydrogen-bond donors (Lipinski definition) is 1. The largest absolute Gasteiger partial charge is 0.355 e. The highest BCUT2D eigenvalue weighted by atomic mass is 127. The van der Waals surface area contributed by atoms with Gasteiger partial charge in [-0.15, -0.1) is 24.0 Å². The number of para-hydroxylation sites is 1. The smallest absolute Gasteiger partial charge is 0.198 e. The molecular weight excluding hydrogens is 439 g/mol. The van der Waals surface area contributed by atoms with Gasteiger partial charge in [0, 0.05) is 45.5 Å². The number of nitrogens with zero attached hydrogens (tertiary/aromatic N) is 3. The molecule has 0 radical (unpaired) electrons. The third-order valence-corrected chi connectivity index (χ3v) is 6.11. The van der Waals surface area contributed by atoms with Crippen molar-refractivity contribution in [3.05, 3.63) is 29.8 Å². The number of rotatable bonds is 3. The Morgan fingerprint density at radius 2 is 1.92 bits per heavy atom. The molecule has 0 saturated carbocycles. The van der Waals surface area contributed by atoms with Gasteiger partial charge in [0.15, 0.2) is 15.8 Å². The van der Waals surface area contributed by atoms with Gasteiger partial charge in [0.05, 0.1) is 11.5 Å². The van der Waals surface area contributed by atoms with E-state index >= 15 is 0 Å². The molecule has 0 bridgehead atoms. The van der Waals surface area contributed by atoms with Gasteiger partial charge in [0.2, 0.25) is 0 Å². The Balaban J connectivity index is 0.00000208. The lowest BCUT2D eigenvalue weighted by molar-refractivity contribution is 0.300. The number of hydrogen-bond acceptors (Lipinski definition) is 4. The van der Waals surface area contributed by atoms with E-state index in [1.807, 2.05) is 0 Å². The van der Waals surface area contributed by atoms with Crippen LogP contribution < -0.4 is 10.2 Å². The van der Waals surface area contributed by atoms with Crippen molar-refractivity contribution in [2.24, 2.45) is 4.99 Å². The lowest BCUT2D eigenvalue weighted by Gasteiger charge is -2.28. The van der Waals surface area contributed by atoms with Crippen molar-refractivity contribution >= 4 is 45.5 Å². The Morgan fingerprint density at radius 1 is 1.21 bits per heavy atom. The minimum Gasteiger partial charge on any atom is -0.355 e. The fourth-order valence-electron chi connectivity index (χ4n) is 3.15. The molecule has 2 aliphatic heterocycles. The summed E-state index contributed by atoms with van der Waals surface area (Å²) in [6.45, 7) is 3.82. The summed E-state index contributed by atoms with van der Waals surface area (Å²) >= 11 is 0. The summed E-state index contributed by atoms with van der Waals surface area (Å²) < 4.78 is 22.9. The van der Waals surface area contributed by atoms with Crippen molar-refractivity contribution in [3.63, 3.8) is 0 Å². The predicted octanol–water partition coefficient (Wildman–Crippen LogP) is 0.973. The maximum Gasteiger partial charge on any atom is 0.198 e. The molecule has 1 fully saturated rings. The summed E-state index contributed by atoms with van der Waals surface area (Å²) in [7, 11) is -1.000. The number of halogens is 1. The summed E-state index contributed by atoms with van der Waals surface area (Å²) in [6, 6.07) is 8.42. The first-order valence-electron chi connectivity index (χ1n) is 8.08. The molecule has 6 nitrogen and oxygen atoms in total. The molecule has 2 heterocycles. The zero-order valence-electron chi connectivity index (χ0n) is 13.9. The fourth-order valence-corrected chi connectivity index (χ4v) is 4.43. The van der Waals surface area contributed by atoms with Gasteiger partial charge in [0.25, 0.3) is 0 Å². The van der Waals surface area contributed by atoms with E-state index in [1.165, 1.54) is 11.3 Å². The van der Waals surface area contributed by atoms with Gasteiger partial charge in [-0.05, 0) is 18.1 Å². The summed E-state index contributed by atoms with van der Waals surface area (Å²) in [5.74, 6) is 1.45. The van der Waals surface area contributed by atoms with Crippen LogP contribution in [0.2, 0.25) is 0 Å². The van der Waals surface area contributed by atoms with E-state index in [-0.39, 0.29) is 35.5 Å². The Hall–Kier alpha value is -0.870. The molecule has 1 saturated heterocycles. The molecule has 0 unspecified atom stereocenters. The second kappa shape index (κ2) is 8.48. The molecule has 0 amide bonds. The van der Waals surface area contributed by atoms with Crippen molar-refractivity contribution in [1.29, 1.82) is 0 Å². The van der Waals surface area contributed by atoms with Crippen LogP contribution in [0.4, 0.5) is 5.69 Å². The number of sulfone groups is 1. The highest BCUT2D eigenvalue weighted by Crippen LogP contribution is 2.27. The maximum absolute atomic E-state index is 11.4. The van der Waals surface area contributed by atoms with E-state index in [0.717, 1.165) is 32.0 Å². The molecule has 0 aromatic heterocycles. The van der Waals surface area contributed by atoms with E-state index in [9.17, 15) is 8.42 Å². The van der Waals surface area contributed by atoms with Crippen LogP contribution in [-0.2, 0) is 16.3 Å². The van der Waals surface area contributed by atoms with Crippen molar-refractivity contribution < 1.29 is 8.42 Å². The normalized spacial score (nSPS) is 20.4. The van der Waals surface area contributed by atoms with Gasteiger partial charge in [-0.2, -0.15) is 0 Å². The molecule has 3 rings (SSSR count). The second-order valence-corrected chi connectivity index (χ2v) is 8.30. The first-order valence-corrected chi connectivity index (χ1v) is 9.90. The highest BCUT2D eigenvalue weighted by molar-refractivity contribution is 14.0. The molecule has 1 N–H and O–H groups in total. The SMILES string of the molecule is CN=C(NCCN1CCS(=O)(=O)CC1)N1CCc2ccccc21.I. The third-order valence-electron chi connectivity index (χ3n) is 4.50. The van der Waals surface area contributed by atoms with Crippen LogP contribution in [0.3, 0.4) is 0 Å². The van der Waals surface area contributed by atoms with Crippen LogP contribution in [0.15, 0.2) is 29.3 Å². The van der Waals surface area contributed by atoms with E-state index in [4.69, 9.17) is 0 Å². The quantitative estimate of drug-likeness (QED) is 0.411. The summed E-state index contributed by atoms with van der Waals surface area (Å²) in [5, 5.41) is 3.41. The Kier molecular flexibility index (Phi) is 6.88. The molecule has 8 heteroatoms. The van der Waals surface area contributed by atoms with Gasteiger partial charge >= 0.3 is 0 Å². The molecule has 0 atom stereocenters. The third kappa shape index (κ3) is 4.60. The van der Waals surface area contributed by atoms with E-state index < -0.39 is 9.84 Å². The van der Waals surface area contributed by atoms with Crippen LogP contribution in [0.5, 0.6) is 0 Å². The number of benzene rings is 1. The van der Waals surface area contributed by atoms with Gasteiger partial charge < -0.3 is 10.2 Å². The maximum atomic E-state index is 11.4. The van der Waals surface area contributed by atoms with Crippen LogP contribution in [0, 0.1) is 0 Å². The average molecular weight is 464 g/mol. The standard InChI is InChI=1S/C16H24N4O2S.HI/c1-17-16(20-8-6-14-4-2-3-5-15(14)20)18-7-9-19-10-12-23(21,22)13-11-19;/h2-5H,6-13H2,1H3,(H,17,18);1H. The predicted molar refractivity (Wildman–Crippen MR) is 109 cm³/mol. The van der Waals surface area contributed by atoms with Crippen molar-refractivity contribution in [3.8, 4) is 0 Å². The van der Waals surface area contributed by atoms with Crippen LogP contribution in [0.25, 0.3) is 0 Å². The molecule has 0 spiro atoms. The molecule has 1 aromatic carbocycles. The minimum absolute atomic E-state index is 0. The lowest BCUT2D eigenvalue weighted by atomic mass is 10.2. The molecule has 24 heavy (non-hydrogen) atoms. The summed E-state index contributed by atoms with van der Waals surface area (Å²) in [5.41, 5.74) is 2.58. The molecular formula is C16H25IN4O2S. The second-order valence-electron chi connectivity index (χ2n) is 6.00.